The van der Waals surface area contributed by atoms with Gasteiger partial charge >= 0.3 is 0 Å². The van der Waals surface area contributed by atoms with E-state index in [-0.39, 0.29) is 30.2 Å². The first-order chi connectivity index (χ1) is 12.1. The topological polar surface area (TPSA) is 40.6 Å². The summed E-state index contributed by atoms with van der Waals surface area (Å²) in [6.07, 6.45) is 2.31. The Morgan fingerprint density at radius 1 is 1.20 bits per heavy atom. The quantitative estimate of drug-likeness (QED) is 0.810. The van der Waals surface area contributed by atoms with Crippen LogP contribution in [0.15, 0.2) is 41.1 Å². The summed E-state index contributed by atoms with van der Waals surface area (Å²) in [6, 6.07) is 9.46. The van der Waals surface area contributed by atoms with Gasteiger partial charge in [0.1, 0.15) is 0 Å². The van der Waals surface area contributed by atoms with Crippen molar-refractivity contribution in [2.45, 2.75) is 25.3 Å². The molecule has 3 heterocycles. The summed E-state index contributed by atoms with van der Waals surface area (Å²) in [5.41, 5.74) is 2.02. The van der Waals surface area contributed by atoms with E-state index in [2.05, 4.69) is 16.8 Å². The Hall–Kier alpha value is -1.85. The Labute approximate surface area is 156 Å². The van der Waals surface area contributed by atoms with Gasteiger partial charge in [0.05, 0.1) is 12.0 Å². The second-order valence-electron chi connectivity index (χ2n) is 6.63. The first-order valence-electron chi connectivity index (χ1n) is 8.52. The van der Waals surface area contributed by atoms with Crippen LogP contribution in [0.1, 0.15) is 30.9 Å². The molecule has 2 aliphatic heterocycles. The van der Waals surface area contributed by atoms with E-state index in [9.17, 15) is 9.59 Å². The molecule has 4 rings (SSSR count). The predicted octanol–water partition coefficient (Wildman–Crippen LogP) is 4.12. The number of thiophene rings is 1. The number of benzene rings is 1. The maximum absolute atomic E-state index is 13.1. The lowest BCUT2D eigenvalue weighted by molar-refractivity contribution is -0.136. The molecule has 2 saturated heterocycles. The van der Waals surface area contributed by atoms with Gasteiger partial charge in [0.2, 0.25) is 11.8 Å². The van der Waals surface area contributed by atoms with E-state index >= 15 is 0 Å². The van der Waals surface area contributed by atoms with Crippen molar-refractivity contribution in [3.05, 3.63) is 51.7 Å². The standard InChI is InChI=1S/C19H19ClN2O2S/c20-15-3-5-16(6-4-15)22-11-14(10-18(22)23)19(24)21-8-1-2-17(21)13-7-9-25-12-13/h3-7,9,12,14,17H,1-2,8,10-11H2. The van der Waals surface area contributed by atoms with Crippen molar-refractivity contribution in [1.82, 2.24) is 4.90 Å². The molecule has 2 fully saturated rings. The third-order valence-corrected chi connectivity index (χ3v) is 6.03. The summed E-state index contributed by atoms with van der Waals surface area (Å²) < 4.78 is 0. The fourth-order valence-corrected chi connectivity index (χ4v) is 4.65. The maximum atomic E-state index is 13.1. The van der Waals surface area contributed by atoms with Crippen LogP contribution < -0.4 is 4.90 Å². The first-order valence-corrected chi connectivity index (χ1v) is 9.84. The summed E-state index contributed by atoms with van der Waals surface area (Å²) in [5.74, 6) is -0.145. The van der Waals surface area contributed by atoms with Crippen LogP contribution >= 0.6 is 22.9 Å². The van der Waals surface area contributed by atoms with Gasteiger partial charge in [0, 0.05) is 30.2 Å². The van der Waals surface area contributed by atoms with Gasteiger partial charge in [0.15, 0.2) is 0 Å². The fourth-order valence-electron chi connectivity index (χ4n) is 3.82. The molecular weight excluding hydrogens is 356 g/mol. The molecule has 2 aromatic rings. The molecule has 0 saturated carbocycles. The molecule has 0 N–H and O–H groups in total. The molecule has 4 nitrogen and oxygen atoms in total. The number of amides is 2. The lowest BCUT2D eigenvalue weighted by Crippen LogP contribution is -2.37. The smallest absolute Gasteiger partial charge is 0.228 e. The average Bonchev–Trinajstić information content (AvgIpc) is 3.35. The number of rotatable bonds is 3. The minimum atomic E-state index is -0.262. The van der Waals surface area contributed by atoms with E-state index in [0.29, 0.717) is 11.6 Å². The Kier molecular flexibility index (Phi) is 4.52. The number of nitrogens with zero attached hydrogens (tertiary/aromatic N) is 2. The SMILES string of the molecule is O=C1CC(C(=O)N2CCCC2c2ccsc2)CN1c1ccc(Cl)cc1. The predicted molar refractivity (Wildman–Crippen MR) is 99.9 cm³/mol. The Morgan fingerprint density at radius 3 is 2.72 bits per heavy atom. The Bertz CT molecular complexity index is 775. The van der Waals surface area contributed by atoms with E-state index in [1.54, 1.807) is 28.4 Å². The summed E-state index contributed by atoms with van der Waals surface area (Å²) in [5, 5.41) is 4.81. The molecule has 1 aromatic carbocycles. The van der Waals surface area contributed by atoms with Gasteiger partial charge in [0.25, 0.3) is 0 Å². The van der Waals surface area contributed by atoms with Crippen molar-refractivity contribution in [2.24, 2.45) is 5.92 Å². The van der Waals surface area contributed by atoms with Crippen LogP contribution in [0.3, 0.4) is 0 Å². The third-order valence-electron chi connectivity index (χ3n) is 5.08. The van der Waals surface area contributed by atoms with Crippen LogP contribution in [-0.2, 0) is 9.59 Å². The minimum absolute atomic E-state index is 0.00644. The molecule has 6 heteroatoms. The number of hydrogen-bond donors (Lipinski definition) is 0. The van der Waals surface area contributed by atoms with Crippen molar-refractivity contribution < 1.29 is 9.59 Å². The lowest BCUT2D eigenvalue weighted by atomic mass is 10.0. The molecule has 0 aliphatic carbocycles. The van der Waals surface area contributed by atoms with Gasteiger partial charge in [-0.05, 0) is 59.5 Å². The van der Waals surface area contributed by atoms with Gasteiger partial charge in [-0.3, -0.25) is 9.59 Å². The fraction of sp³-hybridized carbons (Fsp3) is 0.368. The number of carbonyl (C=O) groups is 2. The summed E-state index contributed by atoms with van der Waals surface area (Å²) in [4.78, 5) is 29.2. The molecule has 2 amide bonds. The van der Waals surface area contributed by atoms with Crippen molar-refractivity contribution in [2.75, 3.05) is 18.0 Å². The minimum Gasteiger partial charge on any atom is -0.335 e. The highest BCUT2D eigenvalue weighted by Crippen LogP contribution is 2.36. The Morgan fingerprint density at radius 2 is 2.00 bits per heavy atom. The van der Waals surface area contributed by atoms with Crippen LogP contribution in [0.2, 0.25) is 5.02 Å². The van der Waals surface area contributed by atoms with Gasteiger partial charge in [-0.25, -0.2) is 0 Å². The summed E-state index contributed by atoms with van der Waals surface area (Å²) in [6.45, 7) is 1.23. The van der Waals surface area contributed by atoms with E-state index in [0.717, 1.165) is 25.1 Å². The molecule has 2 aliphatic rings. The van der Waals surface area contributed by atoms with Crippen LogP contribution in [-0.4, -0.2) is 29.8 Å². The molecular formula is C19H19ClN2O2S. The van der Waals surface area contributed by atoms with E-state index in [1.807, 2.05) is 17.0 Å². The molecule has 25 heavy (non-hydrogen) atoms. The molecule has 0 bridgehead atoms. The van der Waals surface area contributed by atoms with E-state index in [1.165, 1.54) is 5.56 Å². The summed E-state index contributed by atoms with van der Waals surface area (Å²) >= 11 is 7.58. The molecule has 1 aromatic heterocycles. The summed E-state index contributed by atoms with van der Waals surface area (Å²) in [7, 11) is 0. The van der Waals surface area contributed by atoms with Gasteiger partial charge in [-0.15, -0.1) is 0 Å². The van der Waals surface area contributed by atoms with Crippen LogP contribution in [0, 0.1) is 5.92 Å². The number of carbonyl (C=O) groups excluding carboxylic acids is 2. The monoisotopic (exact) mass is 374 g/mol. The zero-order chi connectivity index (χ0) is 17.4. The average molecular weight is 375 g/mol. The molecule has 130 valence electrons. The maximum Gasteiger partial charge on any atom is 0.228 e. The normalized spacial score (nSPS) is 23.5. The van der Waals surface area contributed by atoms with Crippen LogP contribution in [0.4, 0.5) is 5.69 Å². The first kappa shape index (κ1) is 16.6. The third kappa shape index (κ3) is 3.18. The van der Waals surface area contributed by atoms with Crippen LogP contribution in [0.25, 0.3) is 0 Å². The van der Waals surface area contributed by atoms with Gasteiger partial charge in [-0.1, -0.05) is 11.6 Å². The lowest BCUT2D eigenvalue weighted by Gasteiger charge is -2.27. The molecule has 0 radical (unpaired) electrons. The van der Waals surface area contributed by atoms with Crippen molar-refractivity contribution in [3.8, 4) is 0 Å². The highest BCUT2D eigenvalue weighted by molar-refractivity contribution is 7.08. The largest absolute Gasteiger partial charge is 0.335 e. The van der Waals surface area contributed by atoms with E-state index < -0.39 is 0 Å². The molecule has 2 unspecified atom stereocenters. The number of likely N-dealkylation sites (tertiary alicyclic amines) is 1. The Balaban J connectivity index is 1.49. The number of hydrogen-bond acceptors (Lipinski definition) is 3. The second-order valence-corrected chi connectivity index (χ2v) is 7.84. The molecule has 0 spiro atoms. The zero-order valence-electron chi connectivity index (χ0n) is 13.7. The van der Waals surface area contributed by atoms with Crippen molar-refractivity contribution in [1.29, 1.82) is 0 Å². The van der Waals surface area contributed by atoms with Crippen molar-refractivity contribution in [3.63, 3.8) is 0 Å². The van der Waals surface area contributed by atoms with Gasteiger partial charge in [-0.2, -0.15) is 11.3 Å². The number of halogens is 1. The molecule has 2 atom stereocenters. The van der Waals surface area contributed by atoms with E-state index in [4.69, 9.17) is 11.6 Å². The number of anilines is 1. The van der Waals surface area contributed by atoms with Gasteiger partial charge < -0.3 is 9.80 Å². The zero-order valence-corrected chi connectivity index (χ0v) is 15.3. The van der Waals surface area contributed by atoms with Crippen molar-refractivity contribution >= 4 is 40.4 Å². The highest BCUT2D eigenvalue weighted by atomic mass is 35.5. The second kappa shape index (κ2) is 6.81. The van der Waals surface area contributed by atoms with Crippen LogP contribution in [0.5, 0.6) is 0 Å². The highest BCUT2D eigenvalue weighted by Gasteiger charge is 2.40.